The topological polar surface area (TPSA) is 75.6 Å². The number of phenols is 1. The van der Waals surface area contributed by atoms with E-state index in [1.54, 1.807) is 33.5 Å². The number of anilines is 1. The Morgan fingerprint density at radius 2 is 1.68 bits per heavy atom. The highest BCUT2D eigenvalue weighted by atomic mass is 16.5. The molecule has 3 rings (SSSR count). The van der Waals surface area contributed by atoms with Crippen LogP contribution in [0.5, 0.6) is 23.0 Å². The van der Waals surface area contributed by atoms with Crippen molar-refractivity contribution in [2.24, 2.45) is 5.10 Å². The van der Waals surface area contributed by atoms with Gasteiger partial charge in [-0.2, -0.15) is 5.10 Å². The number of ether oxygens (including phenoxy) is 3. The lowest BCUT2D eigenvalue weighted by molar-refractivity contribution is 0.324. The van der Waals surface area contributed by atoms with Gasteiger partial charge in [-0.15, -0.1) is 0 Å². The maximum absolute atomic E-state index is 9.42. The number of hydrogen-bond donors (Lipinski definition) is 2. The van der Waals surface area contributed by atoms with E-state index < -0.39 is 0 Å². The first-order valence-electron chi connectivity index (χ1n) is 7.81. The Hall–Kier alpha value is -3.09. The molecule has 0 spiro atoms. The molecule has 1 aliphatic rings. The van der Waals surface area contributed by atoms with Gasteiger partial charge in [0.05, 0.1) is 27.0 Å². The van der Waals surface area contributed by atoms with Gasteiger partial charge in [-0.3, -0.25) is 5.43 Å². The molecule has 7 nitrogen and oxygen atoms in total. The van der Waals surface area contributed by atoms with Crippen molar-refractivity contribution >= 4 is 11.5 Å². The lowest BCUT2D eigenvalue weighted by Gasteiger charge is -2.22. The summed E-state index contributed by atoms with van der Waals surface area (Å²) >= 11 is 0. The van der Waals surface area contributed by atoms with Crippen LogP contribution in [0.15, 0.2) is 41.5 Å². The quantitative estimate of drug-likeness (QED) is 0.838. The van der Waals surface area contributed by atoms with Crippen LogP contribution in [-0.2, 0) is 6.42 Å². The highest BCUT2D eigenvalue weighted by Crippen LogP contribution is 2.41. The molecule has 2 aromatic carbocycles. The van der Waals surface area contributed by atoms with Crippen LogP contribution in [0.3, 0.4) is 0 Å². The first-order chi connectivity index (χ1) is 12.2. The molecule has 0 saturated heterocycles. The second-order valence-corrected chi connectivity index (χ2v) is 5.50. The number of hydrogen-bond acceptors (Lipinski definition) is 7. The molecular formula is C18H21N3O4. The Morgan fingerprint density at radius 3 is 2.24 bits per heavy atom. The van der Waals surface area contributed by atoms with Gasteiger partial charge < -0.3 is 24.2 Å². The fourth-order valence-electron chi connectivity index (χ4n) is 2.74. The maximum Gasteiger partial charge on any atom is 0.203 e. The van der Waals surface area contributed by atoms with Crippen LogP contribution in [0, 0.1) is 0 Å². The van der Waals surface area contributed by atoms with Crippen molar-refractivity contribution in [3.63, 3.8) is 0 Å². The predicted octanol–water partition coefficient (Wildman–Crippen LogP) is 2.34. The van der Waals surface area contributed by atoms with Gasteiger partial charge in [0.2, 0.25) is 5.75 Å². The third-order valence-corrected chi connectivity index (χ3v) is 4.01. The minimum Gasteiger partial charge on any atom is -0.508 e. The van der Waals surface area contributed by atoms with Gasteiger partial charge in [0.25, 0.3) is 0 Å². The lowest BCUT2D eigenvalue weighted by atomic mass is 10.1. The summed E-state index contributed by atoms with van der Waals surface area (Å²) < 4.78 is 16.2. The maximum atomic E-state index is 9.42. The monoisotopic (exact) mass is 343 g/mol. The van der Waals surface area contributed by atoms with Crippen LogP contribution in [-0.4, -0.2) is 38.9 Å². The Labute approximate surface area is 146 Å². The normalized spacial score (nSPS) is 13.2. The van der Waals surface area contributed by atoms with Crippen LogP contribution < -0.4 is 24.5 Å². The van der Waals surface area contributed by atoms with Crippen molar-refractivity contribution in [3.05, 3.63) is 42.0 Å². The third-order valence-electron chi connectivity index (χ3n) is 4.01. The van der Waals surface area contributed by atoms with E-state index in [0.717, 1.165) is 17.1 Å². The number of hydrazone groups is 1. The summed E-state index contributed by atoms with van der Waals surface area (Å²) in [5, 5.41) is 13.8. The summed E-state index contributed by atoms with van der Waals surface area (Å²) in [6, 6.07) is 10.9. The summed E-state index contributed by atoms with van der Waals surface area (Å²) in [7, 11) is 4.76. The molecule has 7 heteroatoms. The Morgan fingerprint density at radius 1 is 1.04 bits per heavy atom. The van der Waals surface area contributed by atoms with Gasteiger partial charge in [-0.1, -0.05) is 12.1 Å². The second-order valence-electron chi connectivity index (χ2n) is 5.50. The molecule has 1 heterocycles. The average Bonchev–Trinajstić information content (AvgIpc) is 3.10. The van der Waals surface area contributed by atoms with Crippen molar-refractivity contribution in [3.8, 4) is 23.0 Å². The van der Waals surface area contributed by atoms with Gasteiger partial charge >= 0.3 is 0 Å². The molecule has 0 atom stereocenters. The second kappa shape index (κ2) is 7.21. The fourth-order valence-corrected chi connectivity index (χ4v) is 2.74. The molecule has 2 aromatic rings. The van der Waals surface area contributed by atoms with Crippen molar-refractivity contribution in [1.82, 2.24) is 5.43 Å². The molecule has 1 aliphatic heterocycles. The van der Waals surface area contributed by atoms with Crippen LogP contribution in [0.25, 0.3) is 0 Å². The number of phenolic OH excluding ortho intramolecular Hbond substituents is 1. The van der Waals surface area contributed by atoms with Crippen LogP contribution in [0.4, 0.5) is 5.69 Å². The standard InChI is InChI=1S/C18H21N3O4/c1-23-15-9-13(10-16(24-2)18(15)25-3)21-11-19-20-17(21)8-12-4-6-14(22)7-5-12/h4-7,9-10,19,22H,8,11H2,1-3H3. The van der Waals surface area contributed by atoms with E-state index in [1.807, 2.05) is 29.2 Å². The van der Waals surface area contributed by atoms with Crippen LogP contribution in [0.1, 0.15) is 5.56 Å². The van der Waals surface area contributed by atoms with Gasteiger partial charge in [-0.25, -0.2) is 0 Å². The van der Waals surface area contributed by atoms with Crippen molar-refractivity contribution < 1.29 is 19.3 Å². The summed E-state index contributed by atoms with van der Waals surface area (Å²) in [5.41, 5.74) is 4.95. The number of nitrogens with zero attached hydrogens (tertiary/aromatic N) is 2. The lowest BCUT2D eigenvalue weighted by Crippen LogP contribution is -2.30. The van der Waals surface area contributed by atoms with Crippen LogP contribution >= 0.6 is 0 Å². The Balaban J connectivity index is 1.90. The first-order valence-corrected chi connectivity index (χ1v) is 7.81. The molecule has 0 saturated carbocycles. The molecule has 0 bridgehead atoms. The third kappa shape index (κ3) is 3.40. The summed E-state index contributed by atoms with van der Waals surface area (Å²) in [4.78, 5) is 2.04. The van der Waals surface area contributed by atoms with E-state index in [0.29, 0.717) is 30.3 Å². The molecule has 0 radical (unpaired) electrons. The SMILES string of the molecule is COc1cc(N2CNN=C2Cc2ccc(O)cc2)cc(OC)c1OC. The van der Waals surface area contributed by atoms with E-state index >= 15 is 0 Å². The van der Waals surface area contributed by atoms with E-state index in [-0.39, 0.29) is 5.75 Å². The van der Waals surface area contributed by atoms with Crippen LogP contribution in [0.2, 0.25) is 0 Å². The molecule has 0 unspecified atom stereocenters. The zero-order valence-corrected chi connectivity index (χ0v) is 14.4. The molecule has 0 amide bonds. The smallest absolute Gasteiger partial charge is 0.203 e. The van der Waals surface area contributed by atoms with Gasteiger partial charge in [-0.05, 0) is 17.7 Å². The van der Waals surface area contributed by atoms with Crippen molar-refractivity contribution in [2.45, 2.75) is 6.42 Å². The predicted molar refractivity (Wildman–Crippen MR) is 95.8 cm³/mol. The van der Waals surface area contributed by atoms with Gasteiger partial charge in [0.15, 0.2) is 11.5 Å². The molecule has 0 fully saturated rings. The first kappa shape index (κ1) is 16.8. The average molecular weight is 343 g/mol. The highest BCUT2D eigenvalue weighted by Gasteiger charge is 2.23. The zero-order valence-electron chi connectivity index (χ0n) is 14.4. The van der Waals surface area contributed by atoms with E-state index in [9.17, 15) is 5.11 Å². The Bertz CT molecular complexity index is 749. The number of methoxy groups -OCH3 is 3. The summed E-state index contributed by atoms with van der Waals surface area (Å²) in [5.74, 6) is 2.84. The number of aromatic hydroxyl groups is 1. The van der Waals surface area contributed by atoms with E-state index in [2.05, 4.69) is 10.5 Å². The minimum absolute atomic E-state index is 0.247. The van der Waals surface area contributed by atoms with E-state index in [4.69, 9.17) is 14.2 Å². The molecule has 0 aliphatic carbocycles. The largest absolute Gasteiger partial charge is 0.508 e. The minimum atomic E-state index is 0.247. The number of nitrogens with one attached hydrogen (secondary N) is 1. The van der Waals surface area contributed by atoms with Gasteiger partial charge in [0, 0.05) is 18.6 Å². The molecule has 0 aromatic heterocycles. The molecular weight excluding hydrogens is 322 g/mol. The van der Waals surface area contributed by atoms with Gasteiger partial charge in [0.1, 0.15) is 18.3 Å². The summed E-state index contributed by atoms with van der Waals surface area (Å²) in [6.45, 7) is 0.548. The fraction of sp³-hybridized carbons (Fsp3) is 0.278. The van der Waals surface area contributed by atoms with Crippen molar-refractivity contribution in [2.75, 3.05) is 32.9 Å². The number of rotatable bonds is 6. The molecule has 25 heavy (non-hydrogen) atoms. The highest BCUT2D eigenvalue weighted by molar-refractivity contribution is 6.00. The van der Waals surface area contributed by atoms with Crippen molar-refractivity contribution in [1.29, 1.82) is 0 Å². The number of amidine groups is 1. The Kier molecular flexibility index (Phi) is 4.83. The molecule has 132 valence electrons. The number of benzene rings is 2. The zero-order chi connectivity index (χ0) is 17.8. The van der Waals surface area contributed by atoms with E-state index in [1.165, 1.54) is 0 Å². The molecule has 2 N–H and O–H groups in total. The summed E-state index contributed by atoms with van der Waals surface area (Å²) in [6.07, 6.45) is 0.629.